The number of hydrogen-bond acceptors (Lipinski definition) is 4. The highest BCUT2D eigenvalue weighted by molar-refractivity contribution is 5.85. The first-order valence-corrected chi connectivity index (χ1v) is 9.24. The van der Waals surface area contributed by atoms with E-state index in [-0.39, 0.29) is 30.4 Å². The maximum atomic E-state index is 11.9. The standard InChI is InChI=1S/C19H29N3O3/c1-3-14(2)19(24)22-13-17(23)21-12-15-9-10-20-18(11-15)25-16-7-5-4-6-8-16/h9-11,14,16H,3-8,12-13H2,1-2H3,(H,21,23)(H,22,24)/t14-/m1/s1. The lowest BCUT2D eigenvalue weighted by molar-refractivity contribution is -0.128. The highest BCUT2D eigenvalue weighted by atomic mass is 16.5. The summed E-state index contributed by atoms with van der Waals surface area (Å²) in [5.41, 5.74) is 0.933. The van der Waals surface area contributed by atoms with Crippen LogP contribution in [0.3, 0.4) is 0 Å². The predicted molar refractivity (Wildman–Crippen MR) is 96.0 cm³/mol. The van der Waals surface area contributed by atoms with E-state index < -0.39 is 0 Å². The van der Waals surface area contributed by atoms with Crippen molar-refractivity contribution in [3.63, 3.8) is 0 Å². The van der Waals surface area contributed by atoms with Crippen LogP contribution in [0.4, 0.5) is 0 Å². The second kappa shape index (κ2) is 10.0. The maximum Gasteiger partial charge on any atom is 0.239 e. The molecule has 1 fully saturated rings. The van der Waals surface area contributed by atoms with Crippen molar-refractivity contribution in [2.75, 3.05) is 6.54 Å². The first-order chi connectivity index (χ1) is 12.1. The first-order valence-electron chi connectivity index (χ1n) is 9.24. The summed E-state index contributed by atoms with van der Waals surface area (Å²) in [6, 6.07) is 3.72. The van der Waals surface area contributed by atoms with E-state index in [0.717, 1.165) is 24.8 Å². The van der Waals surface area contributed by atoms with Gasteiger partial charge in [-0.25, -0.2) is 4.98 Å². The van der Waals surface area contributed by atoms with E-state index >= 15 is 0 Å². The molecular formula is C19H29N3O3. The topological polar surface area (TPSA) is 80.3 Å². The molecule has 1 aliphatic carbocycles. The van der Waals surface area contributed by atoms with Gasteiger partial charge in [0.05, 0.1) is 6.54 Å². The summed E-state index contributed by atoms with van der Waals surface area (Å²) >= 11 is 0. The van der Waals surface area contributed by atoms with Crippen molar-refractivity contribution in [3.05, 3.63) is 23.9 Å². The molecule has 1 aliphatic rings. The van der Waals surface area contributed by atoms with Crippen molar-refractivity contribution in [3.8, 4) is 5.88 Å². The van der Waals surface area contributed by atoms with Gasteiger partial charge in [-0.1, -0.05) is 20.3 Å². The van der Waals surface area contributed by atoms with Gasteiger partial charge in [0.15, 0.2) is 0 Å². The van der Waals surface area contributed by atoms with Crippen LogP contribution in [0.15, 0.2) is 18.3 Å². The molecule has 1 atom stereocenters. The lowest BCUT2D eigenvalue weighted by Crippen LogP contribution is -2.38. The van der Waals surface area contributed by atoms with Gasteiger partial charge in [-0.3, -0.25) is 9.59 Å². The predicted octanol–water partition coefficient (Wildman–Crippen LogP) is 2.57. The van der Waals surface area contributed by atoms with E-state index in [4.69, 9.17) is 4.74 Å². The highest BCUT2D eigenvalue weighted by Crippen LogP contribution is 2.22. The van der Waals surface area contributed by atoms with Crippen LogP contribution in [0.5, 0.6) is 5.88 Å². The normalized spacial score (nSPS) is 16.1. The number of nitrogens with one attached hydrogen (secondary N) is 2. The molecule has 0 spiro atoms. The quantitative estimate of drug-likeness (QED) is 0.757. The maximum absolute atomic E-state index is 11.9. The number of nitrogens with zero attached hydrogens (tertiary/aromatic N) is 1. The summed E-state index contributed by atoms with van der Waals surface area (Å²) in [5, 5.41) is 5.45. The molecule has 1 heterocycles. The Bertz CT molecular complexity index is 571. The van der Waals surface area contributed by atoms with E-state index in [2.05, 4.69) is 15.6 Å². The van der Waals surface area contributed by atoms with Gasteiger partial charge in [0.2, 0.25) is 17.7 Å². The van der Waals surface area contributed by atoms with Crippen LogP contribution in [0.1, 0.15) is 57.9 Å². The van der Waals surface area contributed by atoms with Crippen LogP contribution < -0.4 is 15.4 Å². The Labute approximate surface area is 149 Å². The van der Waals surface area contributed by atoms with Crippen molar-refractivity contribution >= 4 is 11.8 Å². The SMILES string of the molecule is CC[C@@H](C)C(=O)NCC(=O)NCc1ccnc(OC2CCCCC2)c1. The minimum absolute atomic E-state index is 0.000309. The Kier molecular flexibility index (Phi) is 7.70. The Balaban J connectivity index is 1.75. The Morgan fingerprint density at radius 2 is 2.04 bits per heavy atom. The van der Waals surface area contributed by atoms with E-state index in [1.807, 2.05) is 26.0 Å². The number of amides is 2. The Morgan fingerprint density at radius 1 is 1.28 bits per heavy atom. The monoisotopic (exact) mass is 347 g/mol. The number of hydrogen-bond donors (Lipinski definition) is 2. The number of carbonyl (C=O) groups excluding carboxylic acids is 2. The molecule has 6 heteroatoms. The Hall–Kier alpha value is -2.11. The summed E-state index contributed by atoms with van der Waals surface area (Å²) in [7, 11) is 0. The average molecular weight is 347 g/mol. The van der Waals surface area contributed by atoms with Crippen LogP contribution in [0.2, 0.25) is 0 Å². The molecule has 2 N–H and O–H groups in total. The van der Waals surface area contributed by atoms with E-state index in [1.165, 1.54) is 19.3 Å². The van der Waals surface area contributed by atoms with Gasteiger partial charge < -0.3 is 15.4 Å². The van der Waals surface area contributed by atoms with Crippen molar-refractivity contribution in [2.24, 2.45) is 5.92 Å². The third kappa shape index (κ3) is 6.72. The molecule has 0 saturated heterocycles. The summed E-state index contributed by atoms with van der Waals surface area (Å²) in [6.45, 7) is 4.18. The molecule has 1 aromatic rings. The molecular weight excluding hydrogens is 318 g/mol. The molecule has 2 amide bonds. The molecule has 25 heavy (non-hydrogen) atoms. The molecule has 0 unspecified atom stereocenters. The van der Waals surface area contributed by atoms with Crippen LogP contribution >= 0.6 is 0 Å². The third-order valence-electron chi connectivity index (χ3n) is 4.61. The van der Waals surface area contributed by atoms with Crippen molar-refractivity contribution in [1.82, 2.24) is 15.6 Å². The number of aromatic nitrogens is 1. The lowest BCUT2D eigenvalue weighted by atomic mass is 9.98. The van der Waals surface area contributed by atoms with Gasteiger partial charge in [-0.05, 0) is 43.7 Å². The number of ether oxygens (including phenoxy) is 1. The van der Waals surface area contributed by atoms with Gasteiger partial charge in [0, 0.05) is 24.7 Å². The van der Waals surface area contributed by atoms with Gasteiger partial charge in [0.25, 0.3) is 0 Å². The summed E-state index contributed by atoms with van der Waals surface area (Å²) in [4.78, 5) is 27.8. The molecule has 0 bridgehead atoms. The van der Waals surface area contributed by atoms with Crippen LogP contribution in [0.25, 0.3) is 0 Å². The van der Waals surface area contributed by atoms with Crippen LogP contribution in [-0.2, 0) is 16.1 Å². The zero-order valence-corrected chi connectivity index (χ0v) is 15.2. The van der Waals surface area contributed by atoms with Crippen LogP contribution in [-0.4, -0.2) is 29.4 Å². The second-order valence-corrected chi connectivity index (χ2v) is 6.68. The zero-order valence-electron chi connectivity index (χ0n) is 15.2. The molecule has 0 aromatic carbocycles. The average Bonchev–Trinajstić information content (AvgIpc) is 2.65. The fourth-order valence-corrected chi connectivity index (χ4v) is 2.77. The number of rotatable bonds is 8. The van der Waals surface area contributed by atoms with Crippen molar-refractivity contribution < 1.29 is 14.3 Å². The van der Waals surface area contributed by atoms with Gasteiger partial charge >= 0.3 is 0 Å². The van der Waals surface area contributed by atoms with Crippen LogP contribution in [0, 0.1) is 5.92 Å². The minimum Gasteiger partial charge on any atom is -0.474 e. The lowest BCUT2D eigenvalue weighted by Gasteiger charge is -2.22. The fraction of sp³-hybridized carbons (Fsp3) is 0.632. The molecule has 6 nitrogen and oxygen atoms in total. The van der Waals surface area contributed by atoms with E-state index in [1.54, 1.807) is 6.20 Å². The van der Waals surface area contributed by atoms with Gasteiger partial charge in [0.1, 0.15) is 6.10 Å². The fourth-order valence-electron chi connectivity index (χ4n) is 2.77. The van der Waals surface area contributed by atoms with Gasteiger partial charge in [-0.2, -0.15) is 0 Å². The van der Waals surface area contributed by atoms with Crippen molar-refractivity contribution in [1.29, 1.82) is 0 Å². The summed E-state index contributed by atoms with van der Waals surface area (Å²) < 4.78 is 5.94. The van der Waals surface area contributed by atoms with Gasteiger partial charge in [-0.15, -0.1) is 0 Å². The summed E-state index contributed by atoms with van der Waals surface area (Å²) in [5.74, 6) is 0.240. The molecule has 2 rings (SSSR count). The molecule has 138 valence electrons. The molecule has 1 aromatic heterocycles. The van der Waals surface area contributed by atoms with Crippen molar-refractivity contribution in [2.45, 2.75) is 65.0 Å². The van der Waals surface area contributed by atoms with E-state index in [0.29, 0.717) is 12.4 Å². The number of carbonyl (C=O) groups is 2. The Morgan fingerprint density at radius 3 is 2.76 bits per heavy atom. The molecule has 0 radical (unpaired) electrons. The summed E-state index contributed by atoms with van der Waals surface area (Å²) in [6.07, 6.45) is 8.58. The first kappa shape index (κ1) is 19.2. The largest absolute Gasteiger partial charge is 0.474 e. The molecule has 1 saturated carbocycles. The smallest absolute Gasteiger partial charge is 0.239 e. The third-order valence-corrected chi connectivity index (χ3v) is 4.61. The highest BCUT2D eigenvalue weighted by Gasteiger charge is 2.15. The minimum atomic E-state index is -0.205. The molecule has 0 aliphatic heterocycles. The zero-order chi connectivity index (χ0) is 18.1. The second-order valence-electron chi connectivity index (χ2n) is 6.68. The van der Waals surface area contributed by atoms with E-state index in [9.17, 15) is 9.59 Å². The number of pyridine rings is 1.